The molecule has 1 heterocycles. The van der Waals surface area contributed by atoms with Gasteiger partial charge in [0.05, 0.1) is 6.42 Å². The molecule has 19 heavy (non-hydrogen) atoms. The average Bonchev–Trinajstić information content (AvgIpc) is 2.76. The molecule has 1 aromatic heterocycles. The number of aromatic nitrogens is 2. The van der Waals surface area contributed by atoms with E-state index in [-0.39, 0.29) is 6.42 Å². The largest absolute Gasteiger partial charge is 0.481 e. The molecule has 5 heteroatoms. The van der Waals surface area contributed by atoms with Crippen LogP contribution in [0.3, 0.4) is 0 Å². The van der Waals surface area contributed by atoms with Crippen LogP contribution in [0.2, 0.25) is 0 Å². The standard InChI is InChI=1S/C14H16N2O3/c1-14(2,9-12(17)18)8-11-15-13(16-19-11)10-6-4-3-5-7-10/h3-7H,8-9H2,1-2H3,(H,17,18). The summed E-state index contributed by atoms with van der Waals surface area (Å²) in [5, 5.41) is 12.8. The van der Waals surface area contributed by atoms with Crippen molar-refractivity contribution in [3.63, 3.8) is 0 Å². The SMILES string of the molecule is CC(C)(CC(=O)O)Cc1nc(-c2ccccc2)no1. The summed E-state index contributed by atoms with van der Waals surface area (Å²) in [4.78, 5) is 15.1. The second-order valence-corrected chi connectivity index (χ2v) is 5.29. The van der Waals surface area contributed by atoms with Crippen molar-refractivity contribution in [2.45, 2.75) is 26.7 Å². The van der Waals surface area contributed by atoms with E-state index in [1.54, 1.807) is 0 Å². The van der Waals surface area contributed by atoms with Crippen molar-refractivity contribution in [3.05, 3.63) is 36.2 Å². The van der Waals surface area contributed by atoms with Crippen LogP contribution in [-0.4, -0.2) is 21.2 Å². The summed E-state index contributed by atoms with van der Waals surface area (Å²) in [5.41, 5.74) is 0.473. The Labute approximate surface area is 111 Å². The van der Waals surface area contributed by atoms with Gasteiger partial charge in [0.2, 0.25) is 11.7 Å². The highest BCUT2D eigenvalue weighted by molar-refractivity contribution is 5.67. The van der Waals surface area contributed by atoms with Crippen LogP contribution in [0.25, 0.3) is 11.4 Å². The van der Waals surface area contributed by atoms with E-state index < -0.39 is 11.4 Å². The summed E-state index contributed by atoms with van der Waals surface area (Å²) >= 11 is 0. The van der Waals surface area contributed by atoms with Crippen molar-refractivity contribution < 1.29 is 14.4 Å². The van der Waals surface area contributed by atoms with E-state index in [0.717, 1.165) is 5.56 Å². The van der Waals surface area contributed by atoms with Crippen molar-refractivity contribution >= 4 is 5.97 Å². The van der Waals surface area contributed by atoms with Gasteiger partial charge in [0, 0.05) is 12.0 Å². The fourth-order valence-electron chi connectivity index (χ4n) is 1.91. The molecule has 1 aromatic carbocycles. The Balaban J connectivity index is 2.12. The molecule has 0 aliphatic carbocycles. The lowest BCUT2D eigenvalue weighted by Crippen LogP contribution is -2.19. The smallest absolute Gasteiger partial charge is 0.303 e. The van der Waals surface area contributed by atoms with E-state index >= 15 is 0 Å². The molecule has 2 rings (SSSR count). The number of carboxylic acids is 1. The quantitative estimate of drug-likeness (QED) is 0.894. The van der Waals surface area contributed by atoms with Crippen molar-refractivity contribution in [3.8, 4) is 11.4 Å². The van der Waals surface area contributed by atoms with Crippen molar-refractivity contribution in [2.75, 3.05) is 0 Å². The maximum absolute atomic E-state index is 10.8. The lowest BCUT2D eigenvalue weighted by atomic mass is 9.86. The zero-order valence-corrected chi connectivity index (χ0v) is 11.0. The van der Waals surface area contributed by atoms with Gasteiger partial charge in [-0.05, 0) is 5.41 Å². The average molecular weight is 260 g/mol. The third kappa shape index (κ3) is 3.64. The van der Waals surface area contributed by atoms with Gasteiger partial charge in [-0.2, -0.15) is 4.98 Å². The highest BCUT2D eigenvalue weighted by atomic mass is 16.5. The van der Waals surface area contributed by atoms with Gasteiger partial charge in [0.15, 0.2) is 0 Å². The molecule has 100 valence electrons. The van der Waals surface area contributed by atoms with Crippen LogP contribution >= 0.6 is 0 Å². The van der Waals surface area contributed by atoms with E-state index in [9.17, 15) is 4.79 Å². The van der Waals surface area contributed by atoms with E-state index in [1.165, 1.54) is 0 Å². The summed E-state index contributed by atoms with van der Waals surface area (Å²) in [6.07, 6.45) is 0.509. The number of benzene rings is 1. The topological polar surface area (TPSA) is 76.2 Å². The molecule has 0 aliphatic rings. The third-order valence-corrected chi connectivity index (χ3v) is 2.76. The molecule has 0 atom stereocenters. The van der Waals surface area contributed by atoms with Crippen LogP contribution in [0.4, 0.5) is 0 Å². The molecule has 1 N–H and O–H groups in total. The van der Waals surface area contributed by atoms with E-state index in [2.05, 4.69) is 10.1 Å². The van der Waals surface area contributed by atoms with Gasteiger partial charge in [-0.15, -0.1) is 0 Å². The zero-order chi connectivity index (χ0) is 13.9. The van der Waals surface area contributed by atoms with E-state index in [0.29, 0.717) is 18.1 Å². The van der Waals surface area contributed by atoms with Crippen molar-refractivity contribution in [1.82, 2.24) is 10.1 Å². The second kappa shape index (κ2) is 5.22. The Morgan fingerprint density at radius 3 is 2.63 bits per heavy atom. The molecule has 5 nitrogen and oxygen atoms in total. The molecule has 0 saturated heterocycles. The minimum atomic E-state index is -0.826. The van der Waals surface area contributed by atoms with Crippen LogP contribution in [-0.2, 0) is 11.2 Å². The first-order valence-corrected chi connectivity index (χ1v) is 6.06. The van der Waals surface area contributed by atoms with Gasteiger partial charge in [0.25, 0.3) is 0 Å². The Morgan fingerprint density at radius 1 is 1.32 bits per heavy atom. The van der Waals surface area contributed by atoms with Gasteiger partial charge in [-0.25, -0.2) is 0 Å². The molecule has 0 saturated carbocycles. The molecule has 0 unspecified atom stereocenters. The lowest BCUT2D eigenvalue weighted by Gasteiger charge is -2.19. The predicted molar refractivity (Wildman–Crippen MR) is 69.5 cm³/mol. The number of hydrogen-bond acceptors (Lipinski definition) is 4. The van der Waals surface area contributed by atoms with Gasteiger partial charge >= 0.3 is 5.97 Å². The number of nitrogens with zero attached hydrogens (tertiary/aromatic N) is 2. The first-order chi connectivity index (χ1) is 8.96. The van der Waals surface area contributed by atoms with Crippen molar-refractivity contribution in [1.29, 1.82) is 0 Å². The first kappa shape index (κ1) is 13.3. The highest BCUT2D eigenvalue weighted by Crippen LogP contribution is 2.26. The molecule has 0 amide bonds. The maximum atomic E-state index is 10.8. The second-order valence-electron chi connectivity index (χ2n) is 5.29. The van der Waals surface area contributed by atoms with E-state index in [1.807, 2.05) is 44.2 Å². The first-order valence-electron chi connectivity index (χ1n) is 6.06. The summed E-state index contributed by atoms with van der Waals surface area (Å²) < 4.78 is 5.18. The maximum Gasteiger partial charge on any atom is 0.303 e. The Kier molecular flexibility index (Phi) is 3.64. The third-order valence-electron chi connectivity index (χ3n) is 2.76. The lowest BCUT2D eigenvalue weighted by molar-refractivity contribution is -0.139. The normalized spacial score (nSPS) is 11.5. The molecular formula is C14H16N2O3. The van der Waals surface area contributed by atoms with Gasteiger partial charge in [-0.1, -0.05) is 49.3 Å². The van der Waals surface area contributed by atoms with Crippen LogP contribution in [0.1, 0.15) is 26.2 Å². The molecule has 0 fully saturated rings. The summed E-state index contributed by atoms with van der Waals surface area (Å²) in [6, 6.07) is 9.52. The number of carboxylic acid groups (broad SMARTS) is 1. The Bertz CT molecular complexity index is 561. The minimum Gasteiger partial charge on any atom is -0.481 e. The summed E-state index contributed by atoms with van der Waals surface area (Å²) in [5.74, 6) is 0.166. The molecule has 2 aromatic rings. The predicted octanol–water partition coefficient (Wildman–Crippen LogP) is 2.78. The zero-order valence-electron chi connectivity index (χ0n) is 11.0. The number of aliphatic carboxylic acids is 1. The monoisotopic (exact) mass is 260 g/mol. The number of rotatable bonds is 5. The Hall–Kier alpha value is -2.17. The van der Waals surface area contributed by atoms with Gasteiger partial charge in [0.1, 0.15) is 0 Å². The number of carbonyl (C=O) groups is 1. The molecule has 0 radical (unpaired) electrons. The fourth-order valence-corrected chi connectivity index (χ4v) is 1.91. The molecule has 0 spiro atoms. The van der Waals surface area contributed by atoms with Crippen LogP contribution in [0.15, 0.2) is 34.9 Å². The van der Waals surface area contributed by atoms with Crippen LogP contribution < -0.4 is 0 Å². The number of hydrogen-bond donors (Lipinski definition) is 1. The molecule has 0 bridgehead atoms. The van der Waals surface area contributed by atoms with Crippen molar-refractivity contribution in [2.24, 2.45) is 5.41 Å². The van der Waals surface area contributed by atoms with Gasteiger partial charge < -0.3 is 9.63 Å². The fraction of sp³-hybridized carbons (Fsp3) is 0.357. The Morgan fingerprint density at radius 2 is 2.00 bits per heavy atom. The molecule has 0 aliphatic heterocycles. The van der Waals surface area contributed by atoms with Crippen LogP contribution in [0, 0.1) is 5.41 Å². The van der Waals surface area contributed by atoms with E-state index in [4.69, 9.17) is 9.63 Å². The summed E-state index contributed by atoms with van der Waals surface area (Å²) in [6.45, 7) is 3.74. The molecular weight excluding hydrogens is 244 g/mol. The summed E-state index contributed by atoms with van der Waals surface area (Å²) in [7, 11) is 0. The highest BCUT2D eigenvalue weighted by Gasteiger charge is 2.25. The minimum absolute atomic E-state index is 0.0655. The van der Waals surface area contributed by atoms with Crippen LogP contribution in [0.5, 0.6) is 0 Å². The van der Waals surface area contributed by atoms with Gasteiger partial charge in [-0.3, -0.25) is 4.79 Å².